The molecule has 162 valence electrons. The molecule has 2 aliphatic rings. The van der Waals surface area contributed by atoms with Crippen molar-refractivity contribution in [2.75, 3.05) is 31.5 Å². The lowest BCUT2D eigenvalue weighted by atomic mass is 9.94. The zero-order valence-corrected chi connectivity index (χ0v) is 16.2. The predicted octanol–water partition coefficient (Wildman–Crippen LogP) is 4.08. The Hall–Kier alpha value is -1.87. The van der Waals surface area contributed by atoms with Crippen LogP contribution in [0.25, 0.3) is 0 Å². The fourth-order valence-electron chi connectivity index (χ4n) is 4.12. The molecule has 1 aromatic rings. The van der Waals surface area contributed by atoms with Crippen LogP contribution in [0.1, 0.15) is 44.1 Å². The van der Waals surface area contributed by atoms with Gasteiger partial charge in [-0.1, -0.05) is 19.3 Å². The summed E-state index contributed by atoms with van der Waals surface area (Å²) in [5.41, 5.74) is -1.48. The number of rotatable bonds is 5. The van der Waals surface area contributed by atoms with Gasteiger partial charge in [0.2, 0.25) is 0 Å². The van der Waals surface area contributed by atoms with Gasteiger partial charge in [0.15, 0.2) is 0 Å². The molecule has 1 aliphatic carbocycles. The fraction of sp³-hybridized carbons (Fsp3) is 0.650. The van der Waals surface area contributed by atoms with Gasteiger partial charge in [-0.2, -0.15) is 13.2 Å². The summed E-state index contributed by atoms with van der Waals surface area (Å²) in [4.78, 5) is 16.7. The Morgan fingerprint density at radius 3 is 2.55 bits per heavy atom. The summed E-state index contributed by atoms with van der Waals surface area (Å²) in [7, 11) is 0. The Balaban J connectivity index is 1.70. The third-order valence-electron chi connectivity index (χ3n) is 5.70. The lowest BCUT2D eigenvalue weighted by Crippen LogP contribution is -2.47. The maximum atomic E-state index is 13.5. The highest BCUT2D eigenvalue weighted by Crippen LogP contribution is 2.33. The molecule has 1 aromatic carbocycles. The molecule has 3 rings (SSSR count). The number of carbonyl (C=O) groups excluding carboxylic acids is 1. The van der Waals surface area contributed by atoms with E-state index in [4.69, 9.17) is 0 Å². The van der Waals surface area contributed by atoms with Gasteiger partial charge in [-0.05, 0) is 37.5 Å². The minimum absolute atomic E-state index is 0.0267. The zero-order valence-electron chi connectivity index (χ0n) is 16.2. The summed E-state index contributed by atoms with van der Waals surface area (Å²) in [6.45, 7) is 2.34. The van der Waals surface area contributed by atoms with E-state index in [9.17, 15) is 27.5 Å². The maximum absolute atomic E-state index is 13.5. The number of nitrogens with one attached hydrogen (secondary N) is 1. The van der Waals surface area contributed by atoms with E-state index in [1.54, 1.807) is 4.90 Å². The van der Waals surface area contributed by atoms with Crippen LogP contribution in [0.4, 0.5) is 28.0 Å². The first-order valence-corrected chi connectivity index (χ1v) is 10.1. The molecule has 5 nitrogen and oxygen atoms in total. The van der Waals surface area contributed by atoms with Crippen molar-refractivity contribution >= 4 is 11.7 Å². The number of alkyl halides is 3. The molecule has 0 radical (unpaired) electrons. The largest absolute Gasteiger partial charge is 0.419 e. The van der Waals surface area contributed by atoms with E-state index in [0.29, 0.717) is 32.1 Å². The van der Waals surface area contributed by atoms with Crippen molar-refractivity contribution in [2.24, 2.45) is 0 Å². The van der Waals surface area contributed by atoms with E-state index < -0.39 is 23.6 Å². The Morgan fingerprint density at radius 2 is 1.93 bits per heavy atom. The molecule has 1 aliphatic heterocycles. The summed E-state index contributed by atoms with van der Waals surface area (Å²) in [5.74, 6) is -1.37. The smallest absolute Gasteiger partial charge is 0.392 e. The lowest BCUT2D eigenvalue weighted by molar-refractivity contribution is -0.139. The number of carbonyl (C=O) groups is 1. The molecule has 2 fully saturated rings. The Labute approximate surface area is 167 Å². The van der Waals surface area contributed by atoms with Crippen molar-refractivity contribution in [3.8, 4) is 0 Å². The van der Waals surface area contributed by atoms with E-state index in [1.807, 2.05) is 0 Å². The van der Waals surface area contributed by atoms with Crippen LogP contribution in [-0.2, 0) is 6.18 Å². The molecule has 2 amide bonds. The summed E-state index contributed by atoms with van der Waals surface area (Å²) < 4.78 is 52.4. The van der Waals surface area contributed by atoms with Gasteiger partial charge in [-0.25, -0.2) is 9.18 Å². The SMILES string of the molecule is O=C(Nc1ccc(F)c(C(F)(F)F)c1)N(CCN1CCC(O)C1)C1CCCCC1. The van der Waals surface area contributed by atoms with Gasteiger partial charge in [0.05, 0.1) is 11.7 Å². The Bertz CT molecular complexity index is 707. The number of hydrogen-bond acceptors (Lipinski definition) is 3. The van der Waals surface area contributed by atoms with Crippen molar-refractivity contribution in [1.29, 1.82) is 0 Å². The number of aliphatic hydroxyl groups excluding tert-OH is 1. The molecule has 1 heterocycles. The number of benzene rings is 1. The van der Waals surface area contributed by atoms with E-state index in [2.05, 4.69) is 10.2 Å². The average Bonchev–Trinajstić information content (AvgIpc) is 3.08. The number of urea groups is 1. The first kappa shape index (κ1) is 21.8. The summed E-state index contributed by atoms with van der Waals surface area (Å²) in [6.07, 6.45) is 0.345. The van der Waals surface area contributed by atoms with Crippen LogP contribution in [0.5, 0.6) is 0 Å². The molecular formula is C20H27F4N3O2. The van der Waals surface area contributed by atoms with Crippen LogP contribution < -0.4 is 5.32 Å². The molecule has 0 aromatic heterocycles. The van der Waals surface area contributed by atoms with Gasteiger partial charge in [0.1, 0.15) is 5.82 Å². The molecule has 0 bridgehead atoms. The number of anilines is 1. The van der Waals surface area contributed by atoms with Gasteiger partial charge >= 0.3 is 12.2 Å². The van der Waals surface area contributed by atoms with Crippen LogP contribution >= 0.6 is 0 Å². The minimum atomic E-state index is -4.83. The van der Waals surface area contributed by atoms with E-state index in [-0.39, 0.29) is 17.8 Å². The first-order valence-electron chi connectivity index (χ1n) is 10.1. The zero-order chi connectivity index (χ0) is 21.0. The van der Waals surface area contributed by atoms with Crippen molar-refractivity contribution in [2.45, 2.75) is 56.8 Å². The van der Waals surface area contributed by atoms with Gasteiger partial charge in [-0.3, -0.25) is 4.90 Å². The second-order valence-electron chi connectivity index (χ2n) is 7.85. The van der Waals surface area contributed by atoms with Crippen LogP contribution in [0, 0.1) is 5.82 Å². The number of halogens is 4. The highest BCUT2D eigenvalue weighted by atomic mass is 19.4. The van der Waals surface area contributed by atoms with Crippen LogP contribution in [0.2, 0.25) is 0 Å². The molecule has 1 unspecified atom stereocenters. The van der Waals surface area contributed by atoms with E-state index >= 15 is 0 Å². The molecule has 2 N–H and O–H groups in total. The normalized spacial score (nSPS) is 21.3. The number of likely N-dealkylation sites (tertiary alicyclic amines) is 1. The first-order chi connectivity index (χ1) is 13.7. The molecule has 29 heavy (non-hydrogen) atoms. The van der Waals surface area contributed by atoms with Crippen LogP contribution in [0.3, 0.4) is 0 Å². The average molecular weight is 417 g/mol. The topological polar surface area (TPSA) is 55.8 Å². The molecule has 9 heteroatoms. The summed E-state index contributed by atoms with van der Waals surface area (Å²) in [5, 5.41) is 12.2. The second kappa shape index (κ2) is 9.30. The Morgan fingerprint density at radius 1 is 1.21 bits per heavy atom. The molecular weight excluding hydrogens is 390 g/mol. The van der Waals surface area contributed by atoms with Crippen molar-refractivity contribution < 1.29 is 27.5 Å². The van der Waals surface area contributed by atoms with Gasteiger partial charge < -0.3 is 15.3 Å². The van der Waals surface area contributed by atoms with Crippen molar-refractivity contribution in [3.63, 3.8) is 0 Å². The highest BCUT2D eigenvalue weighted by Gasteiger charge is 2.35. The third-order valence-corrected chi connectivity index (χ3v) is 5.70. The molecule has 1 saturated heterocycles. The number of hydrogen-bond donors (Lipinski definition) is 2. The van der Waals surface area contributed by atoms with E-state index in [0.717, 1.165) is 50.8 Å². The van der Waals surface area contributed by atoms with E-state index in [1.165, 1.54) is 0 Å². The fourth-order valence-corrected chi connectivity index (χ4v) is 4.12. The second-order valence-corrected chi connectivity index (χ2v) is 7.85. The van der Waals surface area contributed by atoms with Gasteiger partial charge in [-0.15, -0.1) is 0 Å². The molecule has 0 spiro atoms. The molecule has 1 atom stereocenters. The third kappa shape index (κ3) is 5.82. The standard InChI is InChI=1S/C20H27F4N3O2/c21-18-7-6-14(12-17(18)20(22,23)24)25-19(29)27(15-4-2-1-3-5-15)11-10-26-9-8-16(28)13-26/h6-7,12,15-16,28H,1-5,8-11,13H2,(H,25,29). The number of amides is 2. The lowest BCUT2D eigenvalue weighted by Gasteiger charge is -2.35. The van der Waals surface area contributed by atoms with Crippen LogP contribution in [-0.4, -0.2) is 59.3 Å². The quantitative estimate of drug-likeness (QED) is 0.710. The van der Waals surface area contributed by atoms with Crippen molar-refractivity contribution in [1.82, 2.24) is 9.80 Å². The van der Waals surface area contributed by atoms with Crippen LogP contribution in [0.15, 0.2) is 18.2 Å². The monoisotopic (exact) mass is 417 g/mol. The van der Waals surface area contributed by atoms with Gasteiger partial charge in [0.25, 0.3) is 0 Å². The number of aliphatic hydroxyl groups is 1. The summed E-state index contributed by atoms with van der Waals surface area (Å²) in [6, 6.07) is 2.03. The van der Waals surface area contributed by atoms with Crippen molar-refractivity contribution in [3.05, 3.63) is 29.6 Å². The minimum Gasteiger partial charge on any atom is -0.392 e. The summed E-state index contributed by atoms with van der Waals surface area (Å²) >= 11 is 0. The Kier molecular flexibility index (Phi) is 7.00. The number of nitrogens with zero attached hydrogens (tertiary/aromatic N) is 2. The number of β-amino-alcohol motifs (C(OH)–C–C–N with tert-alkyl or cyclic N) is 1. The predicted molar refractivity (Wildman–Crippen MR) is 101 cm³/mol. The van der Waals surface area contributed by atoms with Gasteiger partial charge in [0, 0.05) is 37.9 Å². The highest BCUT2D eigenvalue weighted by molar-refractivity contribution is 5.89. The molecule has 1 saturated carbocycles. The maximum Gasteiger partial charge on any atom is 0.419 e.